The van der Waals surface area contributed by atoms with Gasteiger partial charge in [-0.3, -0.25) is 0 Å². The van der Waals surface area contributed by atoms with Crippen molar-refractivity contribution in [1.29, 1.82) is 0 Å². The fourth-order valence-corrected chi connectivity index (χ4v) is 2.58. The van der Waals surface area contributed by atoms with Gasteiger partial charge < -0.3 is 15.2 Å². The van der Waals surface area contributed by atoms with E-state index in [0.29, 0.717) is 6.42 Å². The first-order chi connectivity index (χ1) is 11.8. The molecule has 2 aromatic carbocycles. The quantitative estimate of drug-likeness (QED) is 0.861. The second kappa shape index (κ2) is 8.17. The lowest BCUT2D eigenvalue weighted by Crippen LogP contribution is -2.42. The third-order valence-corrected chi connectivity index (χ3v) is 3.73. The van der Waals surface area contributed by atoms with Crippen LogP contribution in [0.1, 0.15) is 31.9 Å². The van der Waals surface area contributed by atoms with Gasteiger partial charge in [-0.15, -0.1) is 0 Å². The van der Waals surface area contributed by atoms with Crippen molar-refractivity contribution in [3.63, 3.8) is 0 Å². The van der Waals surface area contributed by atoms with Gasteiger partial charge in [-0.25, -0.2) is 4.79 Å². The molecule has 0 bridgehead atoms. The molecule has 0 heterocycles. The zero-order chi connectivity index (χ0) is 18.4. The lowest BCUT2D eigenvalue weighted by atomic mass is 10.00. The van der Waals surface area contributed by atoms with Gasteiger partial charge >= 0.3 is 6.09 Å². The van der Waals surface area contributed by atoms with Crippen molar-refractivity contribution >= 4 is 6.09 Å². The third kappa shape index (κ3) is 6.24. The van der Waals surface area contributed by atoms with Gasteiger partial charge in [-0.1, -0.05) is 54.1 Å². The molecule has 2 N–H and O–H groups in total. The van der Waals surface area contributed by atoms with Crippen molar-refractivity contribution in [2.45, 2.75) is 45.8 Å². The molecular formula is C21H27NO3. The molecule has 0 aliphatic heterocycles. The number of ether oxygens (including phenoxy) is 1. The number of carbonyl (C=O) groups excluding carboxylic acids is 1. The lowest BCUT2D eigenvalue weighted by Gasteiger charge is -2.22. The smallest absolute Gasteiger partial charge is 0.407 e. The molecule has 25 heavy (non-hydrogen) atoms. The molecule has 0 radical (unpaired) electrons. The summed E-state index contributed by atoms with van der Waals surface area (Å²) >= 11 is 0. The predicted octanol–water partition coefficient (Wildman–Crippen LogP) is 4.09. The van der Waals surface area contributed by atoms with Crippen molar-refractivity contribution in [2.24, 2.45) is 0 Å². The summed E-state index contributed by atoms with van der Waals surface area (Å²) in [6, 6.07) is 16.2. The molecule has 4 heteroatoms. The summed E-state index contributed by atoms with van der Waals surface area (Å²) in [6.45, 7) is 7.37. The first kappa shape index (κ1) is 19.0. The van der Waals surface area contributed by atoms with E-state index in [9.17, 15) is 9.90 Å². The highest BCUT2D eigenvalue weighted by molar-refractivity contribution is 5.68. The second-order valence-corrected chi connectivity index (χ2v) is 7.30. The molecule has 2 aromatic rings. The maximum Gasteiger partial charge on any atom is 0.407 e. The van der Waals surface area contributed by atoms with Crippen LogP contribution in [0.3, 0.4) is 0 Å². The van der Waals surface area contributed by atoms with E-state index in [1.165, 1.54) is 11.1 Å². The van der Waals surface area contributed by atoms with Gasteiger partial charge in [0.25, 0.3) is 0 Å². The Morgan fingerprint density at radius 1 is 1.12 bits per heavy atom. The van der Waals surface area contributed by atoms with Crippen LogP contribution in [0.5, 0.6) is 0 Å². The average Bonchev–Trinajstić information content (AvgIpc) is 2.53. The van der Waals surface area contributed by atoms with E-state index < -0.39 is 11.7 Å². The van der Waals surface area contributed by atoms with Crippen LogP contribution in [-0.4, -0.2) is 29.4 Å². The number of aliphatic hydroxyl groups excluding tert-OH is 1. The molecule has 1 atom stereocenters. The van der Waals surface area contributed by atoms with Gasteiger partial charge in [0.05, 0.1) is 12.6 Å². The van der Waals surface area contributed by atoms with Gasteiger partial charge in [-0.05, 0) is 50.8 Å². The zero-order valence-corrected chi connectivity index (χ0v) is 15.4. The number of hydrogen-bond acceptors (Lipinski definition) is 3. The van der Waals surface area contributed by atoms with Gasteiger partial charge in [0.1, 0.15) is 5.60 Å². The van der Waals surface area contributed by atoms with Crippen molar-refractivity contribution in [3.05, 3.63) is 59.7 Å². The van der Waals surface area contributed by atoms with E-state index in [1.807, 2.05) is 39.0 Å². The summed E-state index contributed by atoms with van der Waals surface area (Å²) < 4.78 is 5.23. The highest BCUT2D eigenvalue weighted by Gasteiger charge is 2.19. The van der Waals surface area contributed by atoms with Crippen LogP contribution in [0.4, 0.5) is 4.79 Å². The average molecular weight is 341 g/mol. The van der Waals surface area contributed by atoms with E-state index in [2.05, 4.69) is 42.6 Å². The van der Waals surface area contributed by atoms with Crippen LogP contribution in [0.2, 0.25) is 0 Å². The third-order valence-electron chi connectivity index (χ3n) is 3.73. The summed E-state index contributed by atoms with van der Waals surface area (Å²) in [5.41, 5.74) is 4.04. The number of aryl methyl sites for hydroxylation is 1. The Morgan fingerprint density at radius 2 is 1.80 bits per heavy atom. The monoisotopic (exact) mass is 341 g/mol. The van der Waals surface area contributed by atoms with E-state index >= 15 is 0 Å². The number of amides is 1. The van der Waals surface area contributed by atoms with E-state index in [0.717, 1.165) is 11.1 Å². The van der Waals surface area contributed by atoms with Crippen LogP contribution >= 0.6 is 0 Å². The summed E-state index contributed by atoms with van der Waals surface area (Å²) in [4.78, 5) is 11.8. The number of carbonyl (C=O) groups is 1. The number of alkyl carbamates (subject to hydrolysis) is 1. The van der Waals surface area contributed by atoms with Crippen LogP contribution in [0.15, 0.2) is 48.5 Å². The van der Waals surface area contributed by atoms with Crippen LogP contribution < -0.4 is 5.32 Å². The molecule has 1 amide bonds. The van der Waals surface area contributed by atoms with Crippen LogP contribution in [-0.2, 0) is 11.2 Å². The minimum absolute atomic E-state index is 0.140. The number of hydrogen-bond donors (Lipinski definition) is 2. The van der Waals surface area contributed by atoms with Crippen molar-refractivity contribution in [1.82, 2.24) is 5.32 Å². The molecule has 0 aliphatic carbocycles. The van der Waals surface area contributed by atoms with Gasteiger partial charge in [0.15, 0.2) is 0 Å². The molecule has 0 saturated carbocycles. The molecule has 2 rings (SSSR count). The highest BCUT2D eigenvalue weighted by Crippen LogP contribution is 2.21. The SMILES string of the molecule is Cc1cccc(-c2ccc(C[C@H](CO)NC(=O)OC(C)(C)C)cc2)c1. The topological polar surface area (TPSA) is 58.6 Å². The Hall–Kier alpha value is -2.33. The molecule has 4 nitrogen and oxygen atoms in total. The van der Waals surface area contributed by atoms with Crippen LogP contribution in [0, 0.1) is 6.92 Å². The van der Waals surface area contributed by atoms with Crippen molar-refractivity contribution in [2.75, 3.05) is 6.61 Å². The maximum atomic E-state index is 11.8. The van der Waals surface area contributed by atoms with Gasteiger partial charge in [0, 0.05) is 0 Å². The van der Waals surface area contributed by atoms with Gasteiger partial charge in [0.2, 0.25) is 0 Å². The molecule has 0 aromatic heterocycles. The van der Waals surface area contributed by atoms with E-state index in [4.69, 9.17) is 4.74 Å². The van der Waals surface area contributed by atoms with E-state index in [-0.39, 0.29) is 12.6 Å². The molecule has 134 valence electrons. The summed E-state index contributed by atoms with van der Waals surface area (Å²) in [6.07, 6.45) is 0.0343. The molecule has 0 unspecified atom stereocenters. The number of rotatable bonds is 5. The summed E-state index contributed by atoms with van der Waals surface area (Å²) in [5, 5.41) is 12.2. The number of benzene rings is 2. The first-order valence-corrected chi connectivity index (χ1v) is 8.53. The first-order valence-electron chi connectivity index (χ1n) is 8.53. The Morgan fingerprint density at radius 3 is 2.36 bits per heavy atom. The fraction of sp³-hybridized carbons (Fsp3) is 0.381. The molecule has 0 aliphatic rings. The largest absolute Gasteiger partial charge is 0.444 e. The Balaban J connectivity index is 2.00. The second-order valence-electron chi connectivity index (χ2n) is 7.30. The van der Waals surface area contributed by atoms with Gasteiger partial charge in [-0.2, -0.15) is 0 Å². The number of nitrogens with one attached hydrogen (secondary N) is 1. The van der Waals surface area contributed by atoms with Crippen molar-refractivity contribution < 1.29 is 14.6 Å². The van der Waals surface area contributed by atoms with Crippen molar-refractivity contribution in [3.8, 4) is 11.1 Å². The molecule has 0 fully saturated rings. The minimum atomic E-state index is -0.556. The maximum absolute atomic E-state index is 11.8. The minimum Gasteiger partial charge on any atom is -0.444 e. The Labute approximate surface area is 149 Å². The zero-order valence-electron chi connectivity index (χ0n) is 15.4. The number of aliphatic hydroxyl groups is 1. The summed E-state index contributed by atoms with van der Waals surface area (Å²) in [7, 11) is 0. The predicted molar refractivity (Wildman–Crippen MR) is 101 cm³/mol. The molecular weight excluding hydrogens is 314 g/mol. The fourth-order valence-electron chi connectivity index (χ4n) is 2.58. The molecule has 0 saturated heterocycles. The standard InChI is InChI=1S/C21H27NO3/c1-15-6-5-7-18(12-15)17-10-8-16(9-11-17)13-19(14-23)22-20(24)25-21(2,3)4/h5-12,19,23H,13-14H2,1-4H3,(H,22,24)/t19-/m1/s1. The normalized spacial score (nSPS) is 12.5. The Bertz CT molecular complexity index is 702. The molecule has 0 spiro atoms. The summed E-state index contributed by atoms with van der Waals surface area (Å²) in [5.74, 6) is 0. The Kier molecular flexibility index (Phi) is 6.21. The highest BCUT2D eigenvalue weighted by atomic mass is 16.6. The van der Waals surface area contributed by atoms with E-state index in [1.54, 1.807) is 0 Å². The van der Waals surface area contributed by atoms with Crippen LogP contribution in [0.25, 0.3) is 11.1 Å². The lowest BCUT2D eigenvalue weighted by molar-refractivity contribution is 0.0483.